The van der Waals surface area contributed by atoms with Crippen LogP contribution in [0.3, 0.4) is 0 Å². The van der Waals surface area contributed by atoms with Crippen molar-refractivity contribution in [1.29, 1.82) is 0 Å². The van der Waals surface area contributed by atoms with Gasteiger partial charge in [0.1, 0.15) is 0 Å². The molecule has 0 saturated carbocycles. The fraction of sp³-hybridized carbons (Fsp3) is 0.706. The first-order valence-corrected chi connectivity index (χ1v) is 9.30. The average molecular weight is 321 g/mol. The molecule has 1 aromatic heterocycles. The van der Waals surface area contributed by atoms with E-state index in [0.29, 0.717) is 6.04 Å². The number of thiophene rings is 1. The maximum Gasteiger partial charge on any atom is 0.217 e. The minimum atomic E-state index is 0.0896. The third-order valence-electron chi connectivity index (χ3n) is 4.60. The van der Waals surface area contributed by atoms with Crippen molar-refractivity contribution in [2.45, 2.75) is 51.7 Å². The molecular formula is C17H27N3OS. The molecule has 0 aromatic carbocycles. The fourth-order valence-electron chi connectivity index (χ4n) is 3.53. The van der Waals surface area contributed by atoms with Gasteiger partial charge in [-0.15, -0.1) is 11.3 Å². The fourth-order valence-corrected chi connectivity index (χ4v) is 4.64. The van der Waals surface area contributed by atoms with E-state index in [4.69, 9.17) is 0 Å². The van der Waals surface area contributed by atoms with E-state index in [9.17, 15) is 4.79 Å². The van der Waals surface area contributed by atoms with Crippen molar-refractivity contribution in [3.05, 3.63) is 21.9 Å². The van der Waals surface area contributed by atoms with Crippen LogP contribution in [0.25, 0.3) is 0 Å². The summed E-state index contributed by atoms with van der Waals surface area (Å²) < 4.78 is 0. The summed E-state index contributed by atoms with van der Waals surface area (Å²) in [5.41, 5.74) is 0. The highest BCUT2D eigenvalue weighted by Gasteiger charge is 2.23. The third kappa shape index (κ3) is 4.54. The maximum atomic E-state index is 11.1. The van der Waals surface area contributed by atoms with Gasteiger partial charge in [-0.1, -0.05) is 6.42 Å². The normalized spacial score (nSPS) is 23.8. The highest BCUT2D eigenvalue weighted by atomic mass is 32.1. The molecule has 3 rings (SSSR count). The molecule has 0 aliphatic carbocycles. The quantitative estimate of drug-likeness (QED) is 0.905. The summed E-state index contributed by atoms with van der Waals surface area (Å²) in [7, 11) is 0. The second-order valence-corrected chi connectivity index (χ2v) is 7.88. The van der Waals surface area contributed by atoms with Gasteiger partial charge in [0.05, 0.1) is 0 Å². The van der Waals surface area contributed by atoms with E-state index in [1.54, 1.807) is 6.92 Å². The highest BCUT2D eigenvalue weighted by molar-refractivity contribution is 7.11. The lowest BCUT2D eigenvalue weighted by atomic mass is 10.1. The number of amides is 1. The molecule has 2 aliphatic rings. The number of piperidine rings is 1. The zero-order valence-electron chi connectivity index (χ0n) is 13.5. The Morgan fingerprint density at radius 1 is 1.14 bits per heavy atom. The van der Waals surface area contributed by atoms with Crippen molar-refractivity contribution < 1.29 is 4.79 Å². The van der Waals surface area contributed by atoms with Gasteiger partial charge in [0.15, 0.2) is 0 Å². The van der Waals surface area contributed by atoms with Crippen molar-refractivity contribution in [2.24, 2.45) is 0 Å². The van der Waals surface area contributed by atoms with Crippen LogP contribution in [-0.2, 0) is 17.9 Å². The Morgan fingerprint density at radius 2 is 1.82 bits per heavy atom. The molecule has 4 nitrogen and oxygen atoms in total. The van der Waals surface area contributed by atoms with Gasteiger partial charge in [-0.25, -0.2) is 0 Å². The van der Waals surface area contributed by atoms with Crippen molar-refractivity contribution >= 4 is 17.2 Å². The van der Waals surface area contributed by atoms with E-state index in [0.717, 1.165) is 32.6 Å². The Bertz CT molecular complexity index is 496. The molecule has 1 amide bonds. The zero-order valence-corrected chi connectivity index (χ0v) is 14.3. The number of carbonyl (C=O) groups is 1. The van der Waals surface area contributed by atoms with Crippen LogP contribution >= 0.6 is 11.3 Å². The summed E-state index contributed by atoms with van der Waals surface area (Å²) in [5, 5.41) is 3.03. The minimum absolute atomic E-state index is 0.0896. The minimum Gasteiger partial charge on any atom is -0.352 e. The number of hydrogen-bond donors (Lipinski definition) is 1. The molecule has 1 N–H and O–H groups in total. The number of carbonyl (C=O) groups excluding carboxylic acids is 1. The van der Waals surface area contributed by atoms with Gasteiger partial charge in [0.25, 0.3) is 0 Å². The van der Waals surface area contributed by atoms with Crippen molar-refractivity contribution in [2.75, 3.05) is 26.2 Å². The van der Waals surface area contributed by atoms with E-state index >= 15 is 0 Å². The standard InChI is InChI=1S/C17H27N3OS/c1-14(21)18-15-7-10-20(11-15)13-17-6-5-16(22-17)12-19-8-3-2-4-9-19/h5-6,15H,2-4,7-13H2,1H3,(H,18,21)/t15-/m0/s1. The Balaban J connectivity index is 1.46. The molecule has 2 aliphatic heterocycles. The summed E-state index contributed by atoms with van der Waals surface area (Å²) in [6, 6.07) is 4.93. The molecule has 1 atom stereocenters. The van der Waals surface area contributed by atoms with Crippen LogP contribution < -0.4 is 5.32 Å². The second kappa shape index (κ2) is 7.57. The summed E-state index contributed by atoms with van der Waals surface area (Å²) in [5.74, 6) is 0.0896. The van der Waals surface area contributed by atoms with E-state index in [2.05, 4.69) is 27.2 Å². The predicted octanol–water partition coefficient (Wildman–Crippen LogP) is 2.44. The molecule has 2 fully saturated rings. The van der Waals surface area contributed by atoms with Gasteiger partial charge in [0.2, 0.25) is 5.91 Å². The number of likely N-dealkylation sites (tertiary alicyclic amines) is 2. The van der Waals surface area contributed by atoms with Gasteiger partial charge in [0, 0.05) is 48.9 Å². The van der Waals surface area contributed by atoms with Crippen LogP contribution in [0.5, 0.6) is 0 Å². The summed E-state index contributed by atoms with van der Waals surface area (Å²) >= 11 is 1.96. The molecule has 3 heterocycles. The number of nitrogens with one attached hydrogen (secondary N) is 1. The zero-order chi connectivity index (χ0) is 15.4. The Morgan fingerprint density at radius 3 is 2.50 bits per heavy atom. The lowest BCUT2D eigenvalue weighted by Crippen LogP contribution is -2.35. The molecule has 0 spiro atoms. The summed E-state index contributed by atoms with van der Waals surface area (Å²) in [4.78, 5) is 19.1. The molecule has 2 saturated heterocycles. The Kier molecular flexibility index (Phi) is 5.50. The molecule has 0 radical (unpaired) electrons. The topological polar surface area (TPSA) is 35.6 Å². The maximum absolute atomic E-state index is 11.1. The molecule has 1 aromatic rings. The van der Waals surface area contributed by atoms with E-state index in [-0.39, 0.29) is 5.91 Å². The molecule has 0 bridgehead atoms. The van der Waals surface area contributed by atoms with Crippen LogP contribution in [0.4, 0.5) is 0 Å². The highest BCUT2D eigenvalue weighted by Crippen LogP contribution is 2.23. The second-order valence-electron chi connectivity index (χ2n) is 6.63. The molecule has 22 heavy (non-hydrogen) atoms. The molecular weight excluding hydrogens is 294 g/mol. The third-order valence-corrected chi connectivity index (χ3v) is 5.66. The van der Waals surface area contributed by atoms with Gasteiger partial charge in [-0.3, -0.25) is 14.6 Å². The molecule has 0 unspecified atom stereocenters. The van der Waals surface area contributed by atoms with Crippen LogP contribution in [0.1, 0.15) is 42.4 Å². The first kappa shape index (κ1) is 16.0. The van der Waals surface area contributed by atoms with E-state index in [1.165, 1.54) is 42.1 Å². The first-order chi connectivity index (χ1) is 10.7. The van der Waals surface area contributed by atoms with Crippen molar-refractivity contribution in [3.63, 3.8) is 0 Å². The number of hydrogen-bond acceptors (Lipinski definition) is 4. The van der Waals surface area contributed by atoms with Gasteiger partial charge >= 0.3 is 0 Å². The Hall–Kier alpha value is -0.910. The van der Waals surface area contributed by atoms with E-state index < -0.39 is 0 Å². The van der Waals surface area contributed by atoms with Crippen LogP contribution in [0.15, 0.2) is 12.1 Å². The average Bonchev–Trinajstić information content (AvgIpc) is 3.10. The largest absolute Gasteiger partial charge is 0.352 e. The number of rotatable bonds is 5. The Labute approximate surface area is 137 Å². The van der Waals surface area contributed by atoms with Crippen LogP contribution in [0, 0.1) is 0 Å². The van der Waals surface area contributed by atoms with Crippen molar-refractivity contribution in [1.82, 2.24) is 15.1 Å². The monoisotopic (exact) mass is 321 g/mol. The predicted molar refractivity (Wildman–Crippen MR) is 90.9 cm³/mol. The summed E-state index contributed by atoms with van der Waals surface area (Å²) in [6.07, 6.45) is 5.19. The summed E-state index contributed by atoms with van der Waals surface area (Å²) in [6.45, 7) is 8.35. The van der Waals surface area contributed by atoms with Gasteiger partial charge in [-0.2, -0.15) is 0 Å². The lowest BCUT2D eigenvalue weighted by Gasteiger charge is -2.25. The van der Waals surface area contributed by atoms with Crippen LogP contribution in [0.2, 0.25) is 0 Å². The van der Waals surface area contributed by atoms with Gasteiger partial charge in [-0.05, 0) is 44.5 Å². The van der Waals surface area contributed by atoms with Crippen LogP contribution in [-0.4, -0.2) is 47.9 Å². The SMILES string of the molecule is CC(=O)N[C@H]1CCN(Cc2ccc(CN3CCCCC3)s2)C1. The lowest BCUT2D eigenvalue weighted by molar-refractivity contribution is -0.119. The number of nitrogens with zero attached hydrogens (tertiary/aromatic N) is 2. The van der Waals surface area contributed by atoms with Crippen molar-refractivity contribution in [3.8, 4) is 0 Å². The molecule has 5 heteroatoms. The smallest absolute Gasteiger partial charge is 0.217 e. The molecule has 122 valence electrons. The first-order valence-electron chi connectivity index (χ1n) is 8.48. The van der Waals surface area contributed by atoms with E-state index in [1.807, 2.05) is 11.3 Å². The van der Waals surface area contributed by atoms with Gasteiger partial charge < -0.3 is 5.32 Å².